The fourth-order valence-corrected chi connectivity index (χ4v) is 2.89. The van der Waals surface area contributed by atoms with Crippen molar-refractivity contribution in [1.29, 1.82) is 0 Å². The van der Waals surface area contributed by atoms with Crippen LogP contribution in [0, 0.1) is 0 Å². The Morgan fingerprint density at radius 1 is 0.636 bits per heavy atom. The maximum atomic E-state index is 5.91. The van der Waals surface area contributed by atoms with Gasteiger partial charge in [-0.25, -0.2) is 0 Å². The van der Waals surface area contributed by atoms with E-state index in [0.717, 1.165) is 27.5 Å². The average Bonchev–Trinajstić information content (AvgIpc) is 2.89. The third-order valence-electron chi connectivity index (χ3n) is 3.80. The fraction of sp³-hybridized carbons (Fsp3) is 0. The quantitative estimate of drug-likeness (QED) is 0.507. The van der Waals surface area contributed by atoms with E-state index in [1.54, 1.807) is 0 Å². The summed E-state index contributed by atoms with van der Waals surface area (Å²) in [4.78, 5) is 0. The summed E-state index contributed by atoms with van der Waals surface area (Å²) >= 11 is 5.91. The van der Waals surface area contributed by atoms with Crippen molar-refractivity contribution in [2.45, 2.75) is 0 Å². The van der Waals surface area contributed by atoms with Crippen LogP contribution in [-0.2, 0) is 0 Å². The zero-order chi connectivity index (χ0) is 14.9. The van der Waals surface area contributed by atoms with Crippen molar-refractivity contribution in [2.75, 3.05) is 5.43 Å². The zero-order valence-corrected chi connectivity index (χ0v) is 12.5. The third kappa shape index (κ3) is 2.18. The van der Waals surface area contributed by atoms with Gasteiger partial charge in [-0.15, -0.1) is 0 Å². The van der Waals surface area contributed by atoms with Crippen molar-refractivity contribution in [3.05, 3.63) is 88.9 Å². The highest BCUT2D eigenvalue weighted by Gasteiger charge is 2.23. The molecule has 22 heavy (non-hydrogen) atoms. The van der Waals surface area contributed by atoms with Crippen molar-refractivity contribution in [3.8, 4) is 11.1 Å². The number of hydrogen-bond acceptors (Lipinski definition) is 2. The van der Waals surface area contributed by atoms with Gasteiger partial charge in [0.25, 0.3) is 0 Å². The van der Waals surface area contributed by atoms with E-state index < -0.39 is 0 Å². The molecule has 0 heterocycles. The standard InChI is InChI=1S/C19H13ClN2/c20-13-9-11-14(12-10-13)21-22-19-17-7-3-1-5-15(17)16-6-2-4-8-18(16)19/h1-12,21H. The van der Waals surface area contributed by atoms with Crippen LogP contribution in [0.4, 0.5) is 5.69 Å². The lowest BCUT2D eigenvalue weighted by Gasteiger charge is -2.04. The first kappa shape index (κ1) is 13.1. The number of fused-ring (bicyclic) bond motifs is 3. The van der Waals surface area contributed by atoms with Gasteiger partial charge in [0.2, 0.25) is 0 Å². The SMILES string of the molecule is Clc1ccc(NN=C2c3ccccc3-c3ccccc32)cc1. The monoisotopic (exact) mass is 304 g/mol. The van der Waals surface area contributed by atoms with Crippen molar-refractivity contribution in [2.24, 2.45) is 5.10 Å². The van der Waals surface area contributed by atoms with Crippen molar-refractivity contribution >= 4 is 23.0 Å². The summed E-state index contributed by atoms with van der Waals surface area (Å²) in [5.41, 5.74) is 9.79. The van der Waals surface area contributed by atoms with E-state index in [2.05, 4.69) is 46.9 Å². The number of hydrogen-bond donors (Lipinski definition) is 1. The van der Waals surface area contributed by atoms with Gasteiger partial charge in [0, 0.05) is 16.1 Å². The van der Waals surface area contributed by atoms with Crippen LogP contribution in [0.15, 0.2) is 77.9 Å². The fourth-order valence-electron chi connectivity index (χ4n) is 2.76. The number of benzene rings is 3. The molecule has 0 aliphatic heterocycles. The Labute approximate surface area is 134 Å². The molecule has 3 aromatic carbocycles. The number of rotatable bonds is 2. The molecular weight excluding hydrogens is 292 g/mol. The number of anilines is 1. The molecule has 1 aliphatic carbocycles. The molecule has 2 nitrogen and oxygen atoms in total. The zero-order valence-electron chi connectivity index (χ0n) is 11.8. The smallest absolute Gasteiger partial charge is 0.0990 e. The van der Waals surface area contributed by atoms with E-state index in [4.69, 9.17) is 11.6 Å². The summed E-state index contributed by atoms with van der Waals surface area (Å²) in [6, 6.07) is 24.2. The van der Waals surface area contributed by atoms with Crippen molar-refractivity contribution < 1.29 is 0 Å². The molecule has 1 N–H and O–H groups in total. The van der Waals surface area contributed by atoms with E-state index in [0.29, 0.717) is 0 Å². The molecule has 0 bridgehead atoms. The van der Waals surface area contributed by atoms with Gasteiger partial charge < -0.3 is 0 Å². The van der Waals surface area contributed by atoms with Gasteiger partial charge in [0.05, 0.1) is 11.4 Å². The molecule has 0 aromatic heterocycles. The van der Waals surface area contributed by atoms with Gasteiger partial charge >= 0.3 is 0 Å². The Hall–Kier alpha value is -2.58. The molecule has 0 spiro atoms. The molecule has 1 aliphatic rings. The Morgan fingerprint density at radius 2 is 1.14 bits per heavy atom. The summed E-state index contributed by atoms with van der Waals surface area (Å²) < 4.78 is 0. The molecule has 0 fully saturated rings. The molecule has 3 aromatic rings. The minimum Gasteiger partial charge on any atom is -0.278 e. The largest absolute Gasteiger partial charge is 0.278 e. The van der Waals surface area contributed by atoms with Crippen LogP contribution in [-0.4, -0.2) is 5.71 Å². The predicted octanol–water partition coefficient (Wildman–Crippen LogP) is 5.18. The summed E-state index contributed by atoms with van der Waals surface area (Å²) in [5, 5.41) is 5.35. The Morgan fingerprint density at radius 3 is 1.68 bits per heavy atom. The first-order valence-electron chi connectivity index (χ1n) is 7.11. The van der Waals surface area contributed by atoms with Gasteiger partial charge in [0.15, 0.2) is 0 Å². The Kier molecular flexibility index (Phi) is 3.17. The minimum absolute atomic E-state index is 0.717. The molecule has 4 rings (SSSR count). The Bertz CT molecular complexity index is 819. The van der Waals surface area contributed by atoms with Crippen molar-refractivity contribution in [3.63, 3.8) is 0 Å². The maximum Gasteiger partial charge on any atom is 0.0990 e. The predicted molar refractivity (Wildman–Crippen MR) is 92.6 cm³/mol. The summed E-state index contributed by atoms with van der Waals surface area (Å²) in [7, 11) is 0. The normalized spacial score (nSPS) is 11.8. The van der Waals surface area contributed by atoms with Crippen LogP contribution in [0.25, 0.3) is 11.1 Å². The van der Waals surface area contributed by atoms with E-state index in [1.165, 1.54) is 11.1 Å². The molecule has 0 saturated carbocycles. The van der Waals surface area contributed by atoms with Gasteiger partial charge in [-0.2, -0.15) is 5.10 Å². The van der Waals surface area contributed by atoms with Gasteiger partial charge in [-0.3, -0.25) is 5.43 Å². The first-order chi connectivity index (χ1) is 10.8. The Balaban J connectivity index is 1.78. The number of halogens is 1. The highest BCUT2D eigenvalue weighted by atomic mass is 35.5. The average molecular weight is 305 g/mol. The number of nitrogens with zero attached hydrogens (tertiary/aromatic N) is 1. The van der Waals surface area contributed by atoms with E-state index >= 15 is 0 Å². The van der Waals surface area contributed by atoms with E-state index in [9.17, 15) is 0 Å². The summed E-state index contributed by atoms with van der Waals surface area (Å²) in [6.07, 6.45) is 0. The number of nitrogens with one attached hydrogen (secondary N) is 1. The molecule has 0 radical (unpaired) electrons. The third-order valence-corrected chi connectivity index (χ3v) is 4.05. The van der Waals surface area contributed by atoms with Crippen LogP contribution < -0.4 is 5.43 Å². The highest BCUT2D eigenvalue weighted by Crippen LogP contribution is 2.36. The lowest BCUT2D eigenvalue weighted by molar-refractivity contribution is 1.33. The van der Waals surface area contributed by atoms with Crippen LogP contribution in [0.1, 0.15) is 11.1 Å². The molecule has 0 atom stereocenters. The topological polar surface area (TPSA) is 24.4 Å². The van der Waals surface area contributed by atoms with Crippen LogP contribution in [0.5, 0.6) is 0 Å². The van der Waals surface area contributed by atoms with Gasteiger partial charge in [0.1, 0.15) is 0 Å². The van der Waals surface area contributed by atoms with Crippen LogP contribution in [0.2, 0.25) is 5.02 Å². The first-order valence-corrected chi connectivity index (χ1v) is 7.49. The molecule has 3 heteroatoms. The molecular formula is C19H13ClN2. The summed E-state index contributed by atoms with van der Waals surface area (Å²) in [6.45, 7) is 0. The second-order valence-electron chi connectivity index (χ2n) is 5.17. The molecule has 0 saturated heterocycles. The van der Waals surface area contributed by atoms with Crippen LogP contribution >= 0.6 is 11.6 Å². The number of hydrazone groups is 1. The molecule has 106 valence electrons. The van der Waals surface area contributed by atoms with Crippen LogP contribution in [0.3, 0.4) is 0 Å². The van der Waals surface area contributed by atoms with E-state index in [-0.39, 0.29) is 0 Å². The second kappa shape index (κ2) is 5.32. The van der Waals surface area contributed by atoms with E-state index in [1.807, 2.05) is 36.4 Å². The summed E-state index contributed by atoms with van der Waals surface area (Å²) in [5.74, 6) is 0. The van der Waals surface area contributed by atoms with Crippen molar-refractivity contribution in [1.82, 2.24) is 0 Å². The van der Waals surface area contributed by atoms with Gasteiger partial charge in [-0.1, -0.05) is 60.1 Å². The molecule has 0 unspecified atom stereocenters. The second-order valence-corrected chi connectivity index (χ2v) is 5.61. The highest BCUT2D eigenvalue weighted by molar-refractivity contribution is 6.30. The lowest BCUT2D eigenvalue weighted by atomic mass is 10.1. The molecule has 0 amide bonds. The lowest BCUT2D eigenvalue weighted by Crippen LogP contribution is -2.02. The minimum atomic E-state index is 0.717. The maximum absolute atomic E-state index is 5.91. The van der Waals surface area contributed by atoms with Gasteiger partial charge in [-0.05, 0) is 35.4 Å².